The van der Waals surface area contributed by atoms with Gasteiger partial charge in [0, 0.05) is 16.4 Å². The Bertz CT molecular complexity index is 649. The Morgan fingerprint density at radius 3 is 2.90 bits per heavy atom. The van der Waals surface area contributed by atoms with Crippen molar-refractivity contribution >= 4 is 33.0 Å². The lowest BCUT2D eigenvalue weighted by atomic mass is 9.97. The van der Waals surface area contributed by atoms with Gasteiger partial charge in [0.15, 0.2) is 0 Å². The van der Waals surface area contributed by atoms with Crippen molar-refractivity contribution < 1.29 is 4.79 Å². The van der Waals surface area contributed by atoms with Crippen LogP contribution in [0, 0.1) is 5.92 Å². The molecule has 3 rings (SSSR count). The minimum atomic E-state index is 0.0634. The standard InChI is InChI=1S/C17H22N2OS/c1-11-5-3-2-4-6-14(11)19-17(20)16-10-12-9-13(18)7-8-15(12)21-16/h7-11,14H,2-6,18H2,1H3,(H,19,20). The molecule has 1 aromatic carbocycles. The molecule has 0 radical (unpaired) electrons. The zero-order valence-electron chi connectivity index (χ0n) is 12.4. The number of benzene rings is 1. The molecule has 1 amide bonds. The van der Waals surface area contributed by atoms with Crippen LogP contribution in [-0.4, -0.2) is 11.9 Å². The average molecular weight is 302 g/mol. The first-order valence-corrected chi connectivity index (χ1v) is 8.55. The summed E-state index contributed by atoms with van der Waals surface area (Å²) in [7, 11) is 0. The number of carbonyl (C=O) groups is 1. The topological polar surface area (TPSA) is 55.1 Å². The highest BCUT2D eigenvalue weighted by molar-refractivity contribution is 7.20. The maximum Gasteiger partial charge on any atom is 0.261 e. The van der Waals surface area contributed by atoms with Gasteiger partial charge in [-0.25, -0.2) is 0 Å². The van der Waals surface area contributed by atoms with Crippen LogP contribution >= 0.6 is 11.3 Å². The van der Waals surface area contributed by atoms with Gasteiger partial charge in [0.05, 0.1) is 4.88 Å². The highest BCUT2D eigenvalue weighted by atomic mass is 32.1. The van der Waals surface area contributed by atoms with Gasteiger partial charge in [-0.1, -0.05) is 26.2 Å². The van der Waals surface area contributed by atoms with E-state index in [9.17, 15) is 4.79 Å². The van der Waals surface area contributed by atoms with Gasteiger partial charge in [-0.05, 0) is 48.4 Å². The molecular weight excluding hydrogens is 280 g/mol. The summed E-state index contributed by atoms with van der Waals surface area (Å²) in [5, 5.41) is 4.30. The Kier molecular flexibility index (Phi) is 4.15. The number of nitrogens with one attached hydrogen (secondary N) is 1. The van der Waals surface area contributed by atoms with E-state index in [-0.39, 0.29) is 5.91 Å². The molecule has 3 N–H and O–H groups in total. The Labute approximate surface area is 129 Å². The fourth-order valence-corrected chi connectivity index (χ4v) is 4.07. The van der Waals surface area contributed by atoms with E-state index in [1.165, 1.54) is 25.7 Å². The average Bonchev–Trinajstić information content (AvgIpc) is 2.78. The van der Waals surface area contributed by atoms with Crippen LogP contribution in [0.1, 0.15) is 48.7 Å². The maximum absolute atomic E-state index is 12.5. The minimum absolute atomic E-state index is 0.0634. The maximum atomic E-state index is 12.5. The number of fused-ring (bicyclic) bond motifs is 1. The lowest BCUT2D eigenvalue weighted by molar-refractivity contribution is 0.0926. The summed E-state index contributed by atoms with van der Waals surface area (Å²) < 4.78 is 1.11. The normalized spacial score (nSPS) is 22.9. The highest BCUT2D eigenvalue weighted by Crippen LogP contribution is 2.28. The molecule has 21 heavy (non-hydrogen) atoms. The summed E-state index contributed by atoms with van der Waals surface area (Å²) in [6.45, 7) is 2.25. The van der Waals surface area contributed by atoms with Crippen LogP contribution in [0.15, 0.2) is 24.3 Å². The molecular formula is C17H22N2OS. The monoisotopic (exact) mass is 302 g/mol. The number of hydrogen-bond acceptors (Lipinski definition) is 3. The Hall–Kier alpha value is -1.55. The van der Waals surface area contributed by atoms with Crippen molar-refractivity contribution in [3.05, 3.63) is 29.1 Å². The summed E-state index contributed by atoms with van der Waals surface area (Å²) >= 11 is 1.54. The third kappa shape index (κ3) is 3.21. The zero-order chi connectivity index (χ0) is 14.8. The van der Waals surface area contributed by atoms with Gasteiger partial charge in [-0.2, -0.15) is 0 Å². The molecule has 1 saturated carbocycles. The predicted octanol–water partition coefficient (Wildman–Crippen LogP) is 4.18. The van der Waals surface area contributed by atoms with Crippen molar-refractivity contribution in [1.29, 1.82) is 0 Å². The molecule has 0 aliphatic heterocycles. The van der Waals surface area contributed by atoms with Gasteiger partial charge in [0.2, 0.25) is 0 Å². The van der Waals surface area contributed by atoms with Crippen LogP contribution in [0.25, 0.3) is 10.1 Å². The third-order valence-electron chi connectivity index (χ3n) is 4.44. The molecule has 1 heterocycles. The van der Waals surface area contributed by atoms with Gasteiger partial charge in [-0.15, -0.1) is 11.3 Å². The largest absolute Gasteiger partial charge is 0.399 e. The number of nitrogen functional groups attached to an aromatic ring is 1. The van der Waals surface area contributed by atoms with E-state index in [1.54, 1.807) is 11.3 Å². The molecule has 0 bridgehead atoms. The van der Waals surface area contributed by atoms with Crippen LogP contribution in [0.2, 0.25) is 0 Å². The van der Waals surface area contributed by atoms with Gasteiger partial charge in [0.1, 0.15) is 0 Å². The van der Waals surface area contributed by atoms with Gasteiger partial charge in [0.25, 0.3) is 5.91 Å². The fraction of sp³-hybridized carbons (Fsp3) is 0.471. The smallest absolute Gasteiger partial charge is 0.261 e. The van der Waals surface area contributed by atoms with E-state index in [2.05, 4.69) is 12.2 Å². The molecule has 1 fully saturated rings. The van der Waals surface area contributed by atoms with E-state index in [0.29, 0.717) is 12.0 Å². The van der Waals surface area contributed by atoms with Crippen molar-refractivity contribution in [2.45, 2.75) is 45.1 Å². The minimum Gasteiger partial charge on any atom is -0.399 e. The number of rotatable bonds is 2. The number of hydrogen-bond donors (Lipinski definition) is 2. The Balaban J connectivity index is 1.76. The van der Waals surface area contributed by atoms with Gasteiger partial charge < -0.3 is 11.1 Å². The number of carbonyl (C=O) groups excluding carboxylic acids is 1. The number of nitrogens with two attached hydrogens (primary N) is 1. The Morgan fingerprint density at radius 2 is 2.05 bits per heavy atom. The van der Waals surface area contributed by atoms with E-state index in [0.717, 1.165) is 27.1 Å². The molecule has 4 heteroatoms. The predicted molar refractivity (Wildman–Crippen MR) is 89.7 cm³/mol. The highest BCUT2D eigenvalue weighted by Gasteiger charge is 2.22. The Morgan fingerprint density at radius 1 is 1.24 bits per heavy atom. The van der Waals surface area contributed by atoms with E-state index in [1.807, 2.05) is 24.3 Å². The fourth-order valence-electron chi connectivity index (χ4n) is 3.12. The number of anilines is 1. The van der Waals surface area contributed by atoms with Crippen LogP contribution in [0.4, 0.5) is 5.69 Å². The van der Waals surface area contributed by atoms with Crippen LogP contribution in [-0.2, 0) is 0 Å². The van der Waals surface area contributed by atoms with E-state index in [4.69, 9.17) is 5.73 Å². The van der Waals surface area contributed by atoms with Crippen molar-refractivity contribution in [2.75, 3.05) is 5.73 Å². The lowest BCUT2D eigenvalue weighted by Crippen LogP contribution is -2.38. The first-order chi connectivity index (χ1) is 10.1. The van der Waals surface area contributed by atoms with Gasteiger partial charge >= 0.3 is 0 Å². The van der Waals surface area contributed by atoms with Crippen LogP contribution in [0.5, 0.6) is 0 Å². The second kappa shape index (κ2) is 6.06. The zero-order valence-corrected chi connectivity index (χ0v) is 13.2. The van der Waals surface area contributed by atoms with Gasteiger partial charge in [-0.3, -0.25) is 4.79 Å². The molecule has 2 aromatic rings. The summed E-state index contributed by atoms with van der Waals surface area (Å²) in [6, 6.07) is 8.06. The third-order valence-corrected chi connectivity index (χ3v) is 5.56. The second-order valence-corrected chi connectivity index (χ2v) is 7.19. The molecule has 1 aromatic heterocycles. The summed E-state index contributed by atoms with van der Waals surface area (Å²) in [5.74, 6) is 0.634. The SMILES string of the molecule is CC1CCCCCC1NC(=O)c1cc2cc(N)ccc2s1. The first-order valence-electron chi connectivity index (χ1n) is 7.73. The molecule has 1 aliphatic carbocycles. The van der Waals surface area contributed by atoms with E-state index < -0.39 is 0 Å². The quantitative estimate of drug-likeness (QED) is 0.646. The van der Waals surface area contributed by atoms with E-state index >= 15 is 0 Å². The molecule has 2 atom stereocenters. The second-order valence-electron chi connectivity index (χ2n) is 6.10. The van der Waals surface area contributed by atoms with Crippen molar-refractivity contribution in [3.63, 3.8) is 0 Å². The lowest BCUT2D eigenvalue weighted by Gasteiger charge is -2.22. The van der Waals surface area contributed by atoms with Crippen molar-refractivity contribution in [2.24, 2.45) is 5.92 Å². The summed E-state index contributed by atoms with van der Waals surface area (Å²) in [6.07, 6.45) is 6.12. The summed E-state index contributed by atoms with van der Waals surface area (Å²) in [5.41, 5.74) is 6.54. The number of amides is 1. The molecule has 112 valence electrons. The number of thiophene rings is 1. The molecule has 0 spiro atoms. The molecule has 0 saturated heterocycles. The molecule has 1 aliphatic rings. The van der Waals surface area contributed by atoms with Crippen LogP contribution < -0.4 is 11.1 Å². The van der Waals surface area contributed by atoms with Crippen molar-refractivity contribution in [3.8, 4) is 0 Å². The van der Waals surface area contributed by atoms with Crippen LogP contribution in [0.3, 0.4) is 0 Å². The van der Waals surface area contributed by atoms with Crippen molar-refractivity contribution in [1.82, 2.24) is 5.32 Å². The molecule has 2 unspecified atom stereocenters. The first kappa shape index (κ1) is 14.4. The summed E-state index contributed by atoms with van der Waals surface area (Å²) in [4.78, 5) is 13.3. The molecule has 3 nitrogen and oxygen atoms in total.